The third-order valence-corrected chi connectivity index (χ3v) is 9.73. The molecule has 10 aromatic rings. The van der Waals surface area contributed by atoms with Crippen molar-refractivity contribution in [2.24, 2.45) is 0 Å². The van der Waals surface area contributed by atoms with E-state index in [1.54, 1.807) is 0 Å². The van der Waals surface area contributed by atoms with Crippen LogP contribution in [0.4, 0.5) is 0 Å². The molecule has 5 nitrogen and oxygen atoms in total. The number of rotatable bonds is 4. The van der Waals surface area contributed by atoms with Crippen molar-refractivity contribution in [1.29, 1.82) is 0 Å². The summed E-state index contributed by atoms with van der Waals surface area (Å²) in [6.07, 6.45) is 5.86. The van der Waals surface area contributed by atoms with Crippen molar-refractivity contribution in [1.82, 2.24) is 18.8 Å². The second kappa shape index (κ2) is 11.7. The Morgan fingerprint density at radius 1 is 0.600 bits per heavy atom. The Morgan fingerprint density at radius 3 is 2.04 bits per heavy atom. The molecule has 0 atom stereocenters. The molecule has 0 saturated heterocycles. The van der Waals surface area contributed by atoms with E-state index in [0.717, 1.165) is 65.9 Å². The number of aryl methyl sites for hydroxylation is 2. The number of hydrogen-bond acceptors (Lipinski definition) is 3. The Hall–Kier alpha value is -5.77. The summed E-state index contributed by atoms with van der Waals surface area (Å²) in [4.78, 5) is 9.77. The van der Waals surface area contributed by atoms with Gasteiger partial charge < -0.3 is 13.5 Å². The molecule has 0 aliphatic heterocycles. The zero-order valence-corrected chi connectivity index (χ0v) is 29.5. The van der Waals surface area contributed by atoms with Crippen molar-refractivity contribution in [2.45, 2.75) is 13.8 Å². The summed E-state index contributed by atoms with van der Waals surface area (Å²) >= 11 is 0. The number of aromatic nitrogens is 4. The molecule has 0 bridgehead atoms. The summed E-state index contributed by atoms with van der Waals surface area (Å²) in [5, 5.41) is 6.24. The van der Waals surface area contributed by atoms with Gasteiger partial charge in [0.2, 0.25) is 0 Å². The molecule has 50 heavy (non-hydrogen) atoms. The molecule has 240 valence electrons. The largest absolute Gasteiger partial charge is 2.00 e. The van der Waals surface area contributed by atoms with Crippen molar-refractivity contribution in [2.75, 3.05) is 0 Å². The minimum absolute atomic E-state index is 0. The van der Waals surface area contributed by atoms with Crippen LogP contribution in [0.25, 0.3) is 77.0 Å². The Bertz CT molecular complexity index is 2920. The van der Waals surface area contributed by atoms with Crippen LogP contribution in [0.1, 0.15) is 11.1 Å². The Morgan fingerprint density at radius 2 is 1.26 bits per heavy atom. The molecule has 0 N–H and O–H groups in total. The van der Waals surface area contributed by atoms with Crippen LogP contribution in [0.3, 0.4) is 0 Å². The molecule has 0 spiro atoms. The van der Waals surface area contributed by atoms with Crippen LogP contribution in [0, 0.1) is 26.0 Å². The molecule has 10 rings (SSSR count). The molecule has 0 amide bonds. The van der Waals surface area contributed by atoms with Gasteiger partial charge >= 0.3 is 21.1 Å². The van der Waals surface area contributed by atoms with Crippen molar-refractivity contribution in [3.63, 3.8) is 0 Å². The van der Waals surface area contributed by atoms with Crippen molar-refractivity contribution in [3.8, 4) is 33.9 Å². The second-order valence-electron chi connectivity index (χ2n) is 12.6. The van der Waals surface area contributed by atoms with Gasteiger partial charge in [0.05, 0.1) is 17.0 Å². The van der Waals surface area contributed by atoms with E-state index in [2.05, 4.69) is 132 Å². The fraction of sp³-hybridized carbons (Fsp3) is 0.0455. The van der Waals surface area contributed by atoms with Gasteiger partial charge in [-0.2, -0.15) is 0 Å². The van der Waals surface area contributed by atoms with Gasteiger partial charge in [0.25, 0.3) is 0 Å². The molecule has 0 fully saturated rings. The van der Waals surface area contributed by atoms with Gasteiger partial charge in [-0.1, -0.05) is 131 Å². The normalized spacial score (nSPS) is 11.6. The van der Waals surface area contributed by atoms with Gasteiger partial charge in [-0.05, 0) is 47.4 Å². The zero-order valence-electron chi connectivity index (χ0n) is 27.2. The average Bonchev–Trinajstić information content (AvgIpc) is 3.81. The summed E-state index contributed by atoms with van der Waals surface area (Å²) in [6.45, 7) is 4.32. The Kier molecular flexibility index (Phi) is 7.08. The zero-order chi connectivity index (χ0) is 32.6. The summed E-state index contributed by atoms with van der Waals surface area (Å²) in [5.41, 5.74) is 10.9. The van der Waals surface area contributed by atoms with Gasteiger partial charge in [-0.15, -0.1) is 12.1 Å². The molecular weight excluding hydrogens is 796 g/mol. The smallest absolute Gasteiger partial charge is 0.497 e. The van der Waals surface area contributed by atoms with Crippen LogP contribution in [0.2, 0.25) is 0 Å². The van der Waals surface area contributed by atoms with Crippen LogP contribution >= 0.6 is 0 Å². The molecule has 0 aliphatic carbocycles. The first-order chi connectivity index (χ1) is 24.1. The first-order valence-corrected chi connectivity index (χ1v) is 16.4. The summed E-state index contributed by atoms with van der Waals surface area (Å²) in [6, 6.07) is 47.2. The number of imidazole rings is 2. The predicted octanol–water partition coefficient (Wildman–Crippen LogP) is 10.9. The number of nitrogens with zero attached hydrogens (tertiary/aromatic N) is 4. The Balaban J connectivity index is 0.00000336. The minimum Gasteiger partial charge on any atom is -0.497 e. The first kappa shape index (κ1) is 30.3. The monoisotopic (exact) mass is 823 g/mol. The van der Waals surface area contributed by atoms with Crippen LogP contribution in [0.5, 0.6) is 11.5 Å². The van der Waals surface area contributed by atoms with Crippen LogP contribution in [0.15, 0.2) is 134 Å². The molecule has 6 aromatic carbocycles. The number of ether oxygens (including phenoxy) is 1. The molecule has 0 aliphatic rings. The molecule has 0 radical (unpaired) electrons. The number of benzene rings is 6. The molecule has 4 aromatic heterocycles. The summed E-state index contributed by atoms with van der Waals surface area (Å²) in [7, 11) is 0. The second-order valence-corrected chi connectivity index (χ2v) is 12.6. The maximum Gasteiger partial charge on any atom is 2.00 e. The van der Waals surface area contributed by atoms with Crippen LogP contribution < -0.4 is 4.74 Å². The quantitative estimate of drug-likeness (QED) is 0.131. The predicted molar refractivity (Wildman–Crippen MR) is 198 cm³/mol. The first-order valence-electron chi connectivity index (χ1n) is 16.4. The van der Waals surface area contributed by atoms with Gasteiger partial charge in [0.1, 0.15) is 0 Å². The third-order valence-electron chi connectivity index (χ3n) is 9.73. The van der Waals surface area contributed by atoms with E-state index in [-0.39, 0.29) is 21.1 Å². The maximum atomic E-state index is 6.53. The van der Waals surface area contributed by atoms with Crippen LogP contribution in [-0.4, -0.2) is 18.8 Å². The molecule has 6 heteroatoms. The average molecular weight is 824 g/mol. The fourth-order valence-corrected chi connectivity index (χ4v) is 7.59. The van der Waals surface area contributed by atoms with E-state index in [4.69, 9.17) is 14.7 Å². The molecule has 4 heterocycles. The van der Waals surface area contributed by atoms with Gasteiger partial charge in [0, 0.05) is 52.2 Å². The Labute approximate surface area is 302 Å². The van der Waals surface area contributed by atoms with E-state index in [1.807, 2.05) is 36.8 Å². The number of fused-ring (bicyclic) bond motifs is 12. The fourth-order valence-electron chi connectivity index (χ4n) is 7.59. The number of para-hydroxylation sites is 2. The van der Waals surface area contributed by atoms with Crippen molar-refractivity contribution in [3.05, 3.63) is 157 Å². The van der Waals surface area contributed by atoms with Gasteiger partial charge in [-0.3, -0.25) is 9.97 Å². The van der Waals surface area contributed by atoms with Crippen molar-refractivity contribution >= 4 is 54.6 Å². The number of pyridine rings is 2. The summed E-state index contributed by atoms with van der Waals surface area (Å²) < 4.78 is 11.0. The molecule has 0 unspecified atom stereocenters. The topological polar surface area (TPSA) is 43.8 Å². The molecule has 0 saturated carbocycles. The number of hydrogen-bond donors (Lipinski definition) is 0. The molecular formula is C44H28N4OPt. The summed E-state index contributed by atoms with van der Waals surface area (Å²) in [5.74, 6) is 1.20. The van der Waals surface area contributed by atoms with Gasteiger partial charge in [-0.25, -0.2) is 0 Å². The van der Waals surface area contributed by atoms with Gasteiger partial charge in [0.15, 0.2) is 0 Å². The van der Waals surface area contributed by atoms with E-state index in [0.29, 0.717) is 11.5 Å². The van der Waals surface area contributed by atoms with Crippen molar-refractivity contribution < 1.29 is 25.8 Å². The van der Waals surface area contributed by atoms with E-state index in [1.165, 1.54) is 22.3 Å². The minimum atomic E-state index is 0. The van der Waals surface area contributed by atoms with E-state index in [9.17, 15) is 0 Å². The van der Waals surface area contributed by atoms with E-state index < -0.39 is 0 Å². The third kappa shape index (κ3) is 4.50. The standard InChI is InChI=1S/C44H28N4O.Pt/c1-27-10-8-11-28(2)41(27)40-26-46-44-38-25-31(18-20-33(38)35-14-6-7-17-39(35)48(40)44)49-30-19-21-34-36-16-9-15-32(29-12-4-3-5-13-29)42(36)47-23-22-45-43(47)37(34)24-30;/h3-23,26H,1-2H3;/q-2;+2. The maximum absolute atomic E-state index is 6.53. The van der Waals surface area contributed by atoms with Crippen LogP contribution in [-0.2, 0) is 21.1 Å². The van der Waals surface area contributed by atoms with E-state index >= 15 is 0 Å². The SMILES string of the molecule is Cc1cccc(C)c1-c1cnc2c3[c-]c(Oc4[c-]c5c(cc4)c4cccc(-c6ccccc6)c4n4ccnc54)ccc3c3ccccc3n12.[Pt+2].